The Morgan fingerprint density at radius 2 is 2.04 bits per heavy atom. The first-order valence-corrected chi connectivity index (χ1v) is 8.38. The lowest BCUT2D eigenvalue weighted by Gasteiger charge is -2.31. The fourth-order valence-corrected chi connectivity index (χ4v) is 3.06. The molecule has 0 unspecified atom stereocenters. The lowest BCUT2D eigenvalue weighted by atomic mass is 10.1. The summed E-state index contributed by atoms with van der Waals surface area (Å²) in [6.07, 6.45) is 1.92. The first kappa shape index (κ1) is 16.4. The monoisotopic (exact) mass is 339 g/mol. The van der Waals surface area contributed by atoms with Gasteiger partial charge in [-0.3, -0.25) is 0 Å². The van der Waals surface area contributed by atoms with Gasteiger partial charge in [-0.2, -0.15) is 0 Å². The highest BCUT2D eigenvalue weighted by atomic mass is 35.5. The van der Waals surface area contributed by atoms with Gasteiger partial charge in [0.25, 0.3) is 0 Å². The largest absolute Gasteiger partial charge is 0.379 e. The number of morpholine rings is 1. The molecule has 2 aliphatic heterocycles. The molecule has 0 aromatic heterocycles. The molecule has 1 atom stereocenters. The van der Waals surface area contributed by atoms with Crippen LogP contribution in [-0.2, 0) is 9.47 Å². The number of hydrogen-bond acceptors (Lipinski definition) is 4. The van der Waals surface area contributed by atoms with Crippen LogP contribution in [0.15, 0.2) is 18.2 Å². The number of ether oxygens (including phenoxy) is 2. The van der Waals surface area contributed by atoms with Crippen LogP contribution in [0.5, 0.6) is 0 Å². The first-order chi connectivity index (χ1) is 11.2. The summed E-state index contributed by atoms with van der Waals surface area (Å²) in [5.74, 6) is 0. The molecule has 0 spiro atoms. The second kappa shape index (κ2) is 7.86. The molecular weight excluding hydrogens is 318 g/mol. The topological polar surface area (TPSA) is 62.8 Å². The molecule has 2 N–H and O–H groups in total. The second-order valence-corrected chi connectivity index (χ2v) is 6.21. The van der Waals surface area contributed by atoms with Crippen molar-refractivity contribution in [3.8, 4) is 0 Å². The molecule has 0 saturated carbocycles. The molecule has 0 radical (unpaired) electrons. The number of benzene rings is 1. The Balaban J connectivity index is 1.67. The molecule has 0 bridgehead atoms. The Hall–Kier alpha value is -1.50. The number of nitrogens with one attached hydrogen (secondary N) is 2. The summed E-state index contributed by atoms with van der Waals surface area (Å²) in [7, 11) is 0. The van der Waals surface area contributed by atoms with Crippen molar-refractivity contribution in [1.82, 2.24) is 5.32 Å². The molecule has 1 aromatic rings. The smallest absolute Gasteiger partial charge is 0.319 e. The number of anilines is 2. The summed E-state index contributed by atoms with van der Waals surface area (Å²) >= 11 is 6.10. The zero-order chi connectivity index (χ0) is 16.1. The molecule has 2 fully saturated rings. The summed E-state index contributed by atoms with van der Waals surface area (Å²) < 4.78 is 10.8. The van der Waals surface area contributed by atoms with E-state index in [1.807, 2.05) is 12.1 Å². The molecule has 0 aliphatic carbocycles. The van der Waals surface area contributed by atoms with E-state index in [1.165, 1.54) is 0 Å². The maximum atomic E-state index is 12.3. The number of amides is 2. The molecule has 2 heterocycles. The normalized spacial score (nSPS) is 21.8. The van der Waals surface area contributed by atoms with Crippen molar-refractivity contribution in [2.75, 3.05) is 49.7 Å². The third-order valence-corrected chi connectivity index (χ3v) is 4.29. The van der Waals surface area contributed by atoms with Gasteiger partial charge in [-0.1, -0.05) is 11.6 Å². The summed E-state index contributed by atoms with van der Waals surface area (Å²) in [4.78, 5) is 14.5. The van der Waals surface area contributed by atoms with Crippen molar-refractivity contribution < 1.29 is 14.3 Å². The van der Waals surface area contributed by atoms with Crippen LogP contribution in [0.25, 0.3) is 0 Å². The van der Waals surface area contributed by atoms with Crippen LogP contribution >= 0.6 is 11.6 Å². The molecule has 7 heteroatoms. The fourth-order valence-electron chi connectivity index (χ4n) is 2.89. The number of carbonyl (C=O) groups excluding carboxylic acids is 1. The molecule has 2 amide bonds. The van der Waals surface area contributed by atoms with Gasteiger partial charge in [-0.15, -0.1) is 0 Å². The van der Waals surface area contributed by atoms with E-state index in [0.717, 1.165) is 38.2 Å². The summed E-state index contributed by atoms with van der Waals surface area (Å²) in [5.41, 5.74) is 1.68. The van der Waals surface area contributed by atoms with Crippen molar-refractivity contribution in [3.63, 3.8) is 0 Å². The Kier molecular flexibility index (Phi) is 5.59. The van der Waals surface area contributed by atoms with E-state index in [0.29, 0.717) is 30.5 Å². The first-order valence-electron chi connectivity index (χ1n) is 8.00. The summed E-state index contributed by atoms with van der Waals surface area (Å²) in [6, 6.07) is 5.40. The maximum Gasteiger partial charge on any atom is 0.319 e. The molecule has 2 saturated heterocycles. The molecule has 2 aliphatic rings. The van der Waals surface area contributed by atoms with Crippen LogP contribution in [0.1, 0.15) is 12.8 Å². The van der Waals surface area contributed by atoms with Gasteiger partial charge in [-0.05, 0) is 31.0 Å². The lowest BCUT2D eigenvalue weighted by molar-refractivity contribution is 0.0739. The highest BCUT2D eigenvalue weighted by Crippen LogP contribution is 2.29. The van der Waals surface area contributed by atoms with E-state index < -0.39 is 0 Å². The van der Waals surface area contributed by atoms with Gasteiger partial charge in [0.2, 0.25) is 0 Å². The standard InChI is InChI=1S/C16H22ClN3O3/c17-12-3-4-15(20-5-8-22-9-6-20)14(10-12)19-16(21)18-13-2-1-7-23-11-13/h3-4,10,13H,1-2,5-9,11H2,(H2,18,19,21)/t13-/m1/s1. The van der Waals surface area contributed by atoms with Crippen molar-refractivity contribution >= 4 is 29.0 Å². The summed E-state index contributed by atoms with van der Waals surface area (Å²) in [5, 5.41) is 6.47. The van der Waals surface area contributed by atoms with Crippen LogP contribution < -0.4 is 15.5 Å². The average molecular weight is 340 g/mol. The minimum Gasteiger partial charge on any atom is -0.379 e. The minimum atomic E-state index is -0.225. The number of hydrogen-bond donors (Lipinski definition) is 2. The highest BCUT2D eigenvalue weighted by molar-refractivity contribution is 6.31. The molecule has 3 rings (SSSR count). The Morgan fingerprint density at radius 1 is 1.22 bits per heavy atom. The van der Waals surface area contributed by atoms with Crippen LogP contribution in [0, 0.1) is 0 Å². The van der Waals surface area contributed by atoms with Crippen LogP contribution in [0.4, 0.5) is 16.2 Å². The number of carbonyl (C=O) groups is 1. The lowest BCUT2D eigenvalue weighted by Crippen LogP contribution is -2.43. The van der Waals surface area contributed by atoms with Gasteiger partial charge in [0.1, 0.15) is 0 Å². The van der Waals surface area contributed by atoms with Crippen LogP contribution in [0.2, 0.25) is 5.02 Å². The minimum absolute atomic E-state index is 0.0646. The SMILES string of the molecule is O=C(Nc1cc(Cl)ccc1N1CCOCC1)N[C@@H]1CCCOC1. The van der Waals surface area contributed by atoms with Crippen LogP contribution in [0.3, 0.4) is 0 Å². The van der Waals surface area contributed by atoms with Gasteiger partial charge in [-0.25, -0.2) is 4.79 Å². The fraction of sp³-hybridized carbons (Fsp3) is 0.562. The van der Waals surface area contributed by atoms with Crippen molar-refractivity contribution in [3.05, 3.63) is 23.2 Å². The number of halogens is 1. The number of nitrogens with zero attached hydrogens (tertiary/aromatic N) is 1. The quantitative estimate of drug-likeness (QED) is 0.888. The molecule has 126 valence electrons. The Morgan fingerprint density at radius 3 is 2.78 bits per heavy atom. The zero-order valence-electron chi connectivity index (χ0n) is 13.0. The van der Waals surface area contributed by atoms with Gasteiger partial charge in [0.05, 0.1) is 37.2 Å². The predicted molar refractivity (Wildman–Crippen MR) is 90.5 cm³/mol. The van der Waals surface area contributed by atoms with Gasteiger partial charge in [0.15, 0.2) is 0 Å². The van der Waals surface area contributed by atoms with E-state index in [9.17, 15) is 4.79 Å². The molecule has 23 heavy (non-hydrogen) atoms. The van der Waals surface area contributed by atoms with E-state index >= 15 is 0 Å². The van der Waals surface area contributed by atoms with Crippen molar-refractivity contribution in [1.29, 1.82) is 0 Å². The van der Waals surface area contributed by atoms with E-state index in [1.54, 1.807) is 6.07 Å². The third kappa shape index (κ3) is 4.50. The zero-order valence-corrected chi connectivity index (χ0v) is 13.8. The van der Waals surface area contributed by atoms with Gasteiger partial charge in [0, 0.05) is 24.7 Å². The third-order valence-electron chi connectivity index (χ3n) is 4.05. The highest BCUT2D eigenvalue weighted by Gasteiger charge is 2.19. The van der Waals surface area contributed by atoms with E-state index in [4.69, 9.17) is 21.1 Å². The van der Waals surface area contributed by atoms with Crippen molar-refractivity contribution in [2.24, 2.45) is 0 Å². The van der Waals surface area contributed by atoms with Gasteiger partial charge >= 0.3 is 6.03 Å². The Bertz CT molecular complexity index is 543. The second-order valence-electron chi connectivity index (χ2n) is 5.77. The molecule has 6 nitrogen and oxygen atoms in total. The molecular formula is C16H22ClN3O3. The van der Waals surface area contributed by atoms with Crippen molar-refractivity contribution in [2.45, 2.75) is 18.9 Å². The Labute approximate surface area is 141 Å². The summed E-state index contributed by atoms with van der Waals surface area (Å²) in [6.45, 7) is 4.32. The average Bonchev–Trinajstić information content (AvgIpc) is 2.56. The van der Waals surface area contributed by atoms with Gasteiger partial charge < -0.3 is 25.0 Å². The van der Waals surface area contributed by atoms with Crippen LogP contribution in [-0.4, -0.2) is 51.6 Å². The van der Waals surface area contributed by atoms with E-state index in [-0.39, 0.29) is 12.1 Å². The molecule has 1 aromatic carbocycles. The number of urea groups is 1. The number of rotatable bonds is 3. The maximum absolute atomic E-state index is 12.3. The predicted octanol–water partition coefficient (Wildman–Crippen LogP) is 2.48. The van der Waals surface area contributed by atoms with E-state index in [2.05, 4.69) is 15.5 Å².